The quantitative estimate of drug-likeness (QED) is 0.802. The molecule has 2 rings (SSSR count). The number of rotatable bonds is 3. The van der Waals surface area contributed by atoms with Gasteiger partial charge in [-0.3, -0.25) is 20.5 Å². The topological polar surface area (TPSA) is 44.4 Å². The van der Waals surface area contributed by atoms with Crippen LogP contribution in [0.5, 0.6) is 0 Å². The lowest BCUT2D eigenvalue weighted by Crippen LogP contribution is -2.43. The SMILES string of the molecule is CC1CC(C(=O)NNc2ccc(F)cc2)N(C)C1. The van der Waals surface area contributed by atoms with E-state index in [0.717, 1.165) is 13.0 Å². The van der Waals surface area contributed by atoms with Crippen molar-refractivity contribution in [2.75, 3.05) is 19.0 Å². The van der Waals surface area contributed by atoms with Gasteiger partial charge in [-0.05, 0) is 43.7 Å². The Kier molecular flexibility index (Phi) is 3.81. The van der Waals surface area contributed by atoms with Crippen LogP contribution >= 0.6 is 0 Å². The van der Waals surface area contributed by atoms with Gasteiger partial charge in [-0.2, -0.15) is 0 Å². The number of halogens is 1. The molecular formula is C13H18FN3O. The third-order valence-corrected chi connectivity index (χ3v) is 3.23. The van der Waals surface area contributed by atoms with E-state index >= 15 is 0 Å². The second-order valence-corrected chi connectivity index (χ2v) is 4.92. The van der Waals surface area contributed by atoms with Crippen molar-refractivity contribution in [3.63, 3.8) is 0 Å². The maximum absolute atomic E-state index is 12.7. The number of carbonyl (C=O) groups excluding carboxylic acids is 1. The summed E-state index contributed by atoms with van der Waals surface area (Å²) in [6.07, 6.45) is 0.868. The molecule has 0 spiro atoms. The van der Waals surface area contributed by atoms with Gasteiger partial charge in [0.2, 0.25) is 0 Å². The van der Waals surface area contributed by atoms with Gasteiger partial charge in [0.15, 0.2) is 0 Å². The van der Waals surface area contributed by atoms with Crippen molar-refractivity contribution in [3.8, 4) is 0 Å². The predicted molar refractivity (Wildman–Crippen MR) is 68.4 cm³/mol. The van der Waals surface area contributed by atoms with Gasteiger partial charge in [0, 0.05) is 6.54 Å². The van der Waals surface area contributed by atoms with E-state index in [4.69, 9.17) is 0 Å². The molecule has 4 nitrogen and oxygen atoms in total. The van der Waals surface area contributed by atoms with Crippen LogP contribution < -0.4 is 10.9 Å². The van der Waals surface area contributed by atoms with E-state index in [1.165, 1.54) is 12.1 Å². The van der Waals surface area contributed by atoms with Crippen LogP contribution in [0.1, 0.15) is 13.3 Å². The fourth-order valence-corrected chi connectivity index (χ4v) is 2.31. The van der Waals surface area contributed by atoms with E-state index in [0.29, 0.717) is 11.6 Å². The first-order chi connectivity index (χ1) is 8.56. The average molecular weight is 251 g/mol. The van der Waals surface area contributed by atoms with Gasteiger partial charge >= 0.3 is 0 Å². The van der Waals surface area contributed by atoms with Crippen molar-refractivity contribution in [2.45, 2.75) is 19.4 Å². The Morgan fingerprint density at radius 1 is 1.39 bits per heavy atom. The Hall–Kier alpha value is -1.62. The fourth-order valence-electron chi connectivity index (χ4n) is 2.31. The summed E-state index contributed by atoms with van der Waals surface area (Å²) in [5.41, 5.74) is 6.11. The van der Waals surface area contributed by atoms with Crippen LogP contribution in [-0.2, 0) is 4.79 Å². The van der Waals surface area contributed by atoms with Gasteiger partial charge in [0.1, 0.15) is 5.82 Å². The molecule has 18 heavy (non-hydrogen) atoms. The van der Waals surface area contributed by atoms with Gasteiger partial charge in [0.05, 0.1) is 11.7 Å². The van der Waals surface area contributed by atoms with Crippen molar-refractivity contribution in [3.05, 3.63) is 30.1 Å². The summed E-state index contributed by atoms with van der Waals surface area (Å²) in [7, 11) is 1.95. The zero-order chi connectivity index (χ0) is 13.1. The zero-order valence-electron chi connectivity index (χ0n) is 10.6. The molecule has 0 bridgehead atoms. The smallest absolute Gasteiger partial charge is 0.255 e. The highest BCUT2D eigenvalue weighted by Crippen LogP contribution is 2.20. The Bertz CT molecular complexity index is 421. The zero-order valence-corrected chi connectivity index (χ0v) is 10.6. The van der Waals surface area contributed by atoms with Crippen molar-refractivity contribution in [2.24, 2.45) is 5.92 Å². The van der Waals surface area contributed by atoms with Gasteiger partial charge in [-0.25, -0.2) is 4.39 Å². The Morgan fingerprint density at radius 3 is 2.61 bits per heavy atom. The van der Waals surface area contributed by atoms with Gasteiger partial charge in [-0.15, -0.1) is 0 Å². The summed E-state index contributed by atoms with van der Waals surface area (Å²) in [5.74, 6) is 0.193. The molecule has 1 aromatic carbocycles. The minimum Gasteiger partial charge on any atom is -0.299 e. The summed E-state index contributed by atoms with van der Waals surface area (Å²) in [4.78, 5) is 14.0. The van der Waals surface area contributed by atoms with Crippen molar-refractivity contribution < 1.29 is 9.18 Å². The Labute approximate surface area is 106 Å². The number of nitrogens with one attached hydrogen (secondary N) is 2. The molecule has 5 heteroatoms. The maximum atomic E-state index is 12.7. The number of amides is 1. The van der Waals surface area contributed by atoms with Crippen molar-refractivity contribution >= 4 is 11.6 Å². The minimum absolute atomic E-state index is 0.0498. The molecule has 1 aliphatic rings. The Balaban J connectivity index is 1.86. The molecule has 1 heterocycles. The molecule has 0 aliphatic carbocycles. The summed E-state index contributed by atoms with van der Waals surface area (Å²) in [6, 6.07) is 5.76. The first kappa shape index (κ1) is 12.8. The highest BCUT2D eigenvalue weighted by atomic mass is 19.1. The van der Waals surface area contributed by atoms with Crippen LogP contribution in [-0.4, -0.2) is 30.4 Å². The van der Waals surface area contributed by atoms with Crippen LogP contribution in [0.2, 0.25) is 0 Å². The van der Waals surface area contributed by atoms with E-state index in [1.807, 2.05) is 11.9 Å². The number of hydrazine groups is 1. The number of benzene rings is 1. The number of anilines is 1. The molecule has 2 atom stereocenters. The van der Waals surface area contributed by atoms with Crippen LogP contribution in [0.15, 0.2) is 24.3 Å². The molecule has 0 radical (unpaired) electrons. The summed E-state index contributed by atoms with van der Waals surface area (Å²) in [5, 5.41) is 0. The summed E-state index contributed by atoms with van der Waals surface area (Å²) < 4.78 is 12.7. The second kappa shape index (κ2) is 5.35. The van der Waals surface area contributed by atoms with E-state index in [1.54, 1.807) is 12.1 Å². The molecule has 1 aliphatic heterocycles. The molecule has 1 aromatic rings. The molecule has 1 fully saturated rings. The number of carbonyl (C=O) groups is 1. The summed E-state index contributed by atoms with van der Waals surface area (Å²) in [6.45, 7) is 3.08. The first-order valence-corrected chi connectivity index (χ1v) is 6.08. The molecule has 2 unspecified atom stereocenters. The number of likely N-dealkylation sites (N-methyl/N-ethyl adjacent to an activating group) is 1. The lowest BCUT2D eigenvalue weighted by molar-refractivity contribution is -0.124. The van der Waals surface area contributed by atoms with Crippen molar-refractivity contribution in [1.82, 2.24) is 10.3 Å². The van der Waals surface area contributed by atoms with Crippen molar-refractivity contribution in [1.29, 1.82) is 0 Å². The van der Waals surface area contributed by atoms with Crippen LogP contribution in [0, 0.1) is 11.7 Å². The van der Waals surface area contributed by atoms with Gasteiger partial charge in [0.25, 0.3) is 5.91 Å². The molecule has 0 aromatic heterocycles. The average Bonchev–Trinajstić information content (AvgIpc) is 2.67. The van der Waals surface area contributed by atoms with E-state index in [-0.39, 0.29) is 17.8 Å². The third-order valence-electron chi connectivity index (χ3n) is 3.23. The second-order valence-electron chi connectivity index (χ2n) is 4.92. The van der Waals surface area contributed by atoms with Crippen LogP contribution in [0.25, 0.3) is 0 Å². The third kappa shape index (κ3) is 2.98. The molecule has 1 amide bonds. The first-order valence-electron chi connectivity index (χ1n) is 6.08. The molecule has 98 valence electrons. The number of nitrogens with zero attached hydrogens (tertiary/aromatic N) is 1. The Morgan fingerprint density at radius 2 is 2.06 bits per heavy atom. The van der Waals surface area contributed by atoms with Crippen LogP contribution in [0.3, 0.4) is 0 Å². The normalized spacial score (nSPS) is 23.9. The minimum atomic E-state index is -0.295. The van der Waals surface area contributed by atoms with Crippen LogP contribution in [0.4, 0.5) is 10.1 Å². The molecule has 1 saturated heterocycles. The molecule has 0 saturated carbocycles. The van der Waals surface area contributed by atoms with Gasteiger partial charge in [-0.1, -0.05) is 6.92 Å². The number of likely N-dealkylation sites (tertiary alicyclic amines) is 1. The number of hydrogen-bond donors (Lipinski definition) is 2. The van der Waals surface area contributed by atoms with E-state index in [2.05, 4.69) is 17.8 Å². The fraction of sp³-hybridized carbons (Fsp3) is 0.462. The van der Waals surface area contributed by atoms with E-state index < -0.39 is 0 Å². The predicted octanol–water partition coefficient (Wildman–Crippen LogP) is 1.61. The highest BCUT2D eigenvalue weighted by Gasteiger charge is 2.31. The highest BCUT2D eigenvalue weighted by molar-refractivity contribution is 5.83. The molecule has 2 N–H and O–H groups in total. The monoisotopic (exact) mass is 251 g/mol. The van der Waals surface area contributed by atoms with E-state index in [9.17, 15) is 9.18 Å². The maximum Gasteiger partial charge on any atom is 0.255 e. The lowest BCUT2D eigenvalue weighted by atomic mass is 10.1. The van der Waals surface area contributed by atoms with Gasteiger partial charge < -0.3 is 0 Å². The number of hydrogen-bond acceptors (Lipinski definition) is 3. The largest absolute Gasteiger partial charge is 0.299 e. The molecular weight excluding hydrogens is 233 g/mol. The summed E-state index contributed by atoms with van der Waals surface area (Å²) >= 11 is 0. The lowest BCUT2D eigenvalue weighted by Gasteiger charge is -2.19. The standard InChI is InChI=1S/C13H18FN3O/c1-9-7-12(17(2)8-9)13(18)16-15-11-5-3-10(14)4-6-11/h3-6,9,12,15H,7-8H2,1-2H3,(H,16,18).